The molecule has 1 saturated heterocycles. The summed E-state index contributed by atoms with van der Waals surface area (Å²) in [5.41, 5.74) is 5.89. The van der Waals surface area contributed by atoms with Crippen molar-refractivity contribution in [2.75, 3.05) is 45.9 Å². The van der Waals surface area contributed by atoms with Crippen molar-refractivity contribution < 1.29 is 13.9 Å². The Balaban J connectivity index is 0.00000338. The van der Waals surface area contributed by atoms with Crippen LogP contribution in [0.25, 0.3) is 0 Å². The summed E-state index contributed by atoms with van der Waals surface area (Å²) in [6.45, 7) is 7.80. The number of halogens is 2. The van der Waals surface area contributed by atoms with E-state index in [0.717, 1.165) is 52.2 Å². The topological polar surface area (TPSA) is 72.1 Å². The first-order chi connectivity index (χ1) is 12.2. The first-order valence-electron chi connectivity index (χ1n) is 8.94. The number of nitrogens with two attached hydrogens (primary N) is 1. The van der Waals surface area contributed by atoms with E-state index in [1.54, 1.807) is 18.2 Å². The molecule has 0 amide bonds. The molecule has 0 spiro atoms. The standard InChI is InChI=1S/C18H29FN4O2.HI/c1-2-15(25-17-7-4-3-6-16(17)19)14-22-18(20)21-8-5-9-23-10-12-24-13-11-23;/h3-4,6-7,15H,2,5,8-14H2,1H3,(H3,20,21,22);1H. The van der Waals surface area contributed by atoms with Gasteiger partial charge in [-0.15, -0.1) is 24.0 Å². The van der Waals surface area contributed by atoms with E-state index >= 15 is 0 Å². The Morgan fingerprint density at radius 3 is 2.81 bits per heavy atom. The summed E-state index contributed by atoms with van der Waals surface area (Å²) in [7, 11) is 0. The number of rotatable bonds is 9. The van der Waals surface area contributed by atoms with Gasteiger partial charge in [-0.05, 0) is 31.5 Å². The molecule has 0 bridgehead atoms. The van der Waals surface area contributed by atoms with E-state index in [1.165, 1.54) is 6.07 Å². The number of para-hydroxylation sites is 1. The predicted molar refractivity (Wildman–Crippen MR) is 113 cm³/mol. The Bertz CT molecular complexity index is 542. The minimum Gasteiger partial charge on any atom is -0.485 e. The van der Waals surface area contributed by atoms with Crippen LogP contribution in [0.4, 0.5) is 4.39 Å². The molecule has 1 fully saturated rings. The second-order valence-electron chi connectivity index (χ2n) is 6.04. The molecule has 0 radical (unpaired) electrons. The lowest BCUT2D eigenvalue weighted by atomic mass is 10.2. The predicted octanol–water partition coefficient (Wildman–Crippen LogP) is 2.23. The molecular formula is C18H30FIN4O2. The quantitative estimate of drug-likeness (QED) is 0.246. The van der Waals surface area contributed by atoms with Crippen LogP contribution in [0, 0.1) is 5.82 Å². The van der Waals surface area contributed by atoms with Crippen molar-refractivity contribution in [2.24, 2.45) is 10.7 Å². The zero-order valence-electron chi connectivity index (χ0n) is 15.3. The van der Waals surface area contributed by atoms with Crippen molar-refractivity contribution in [3.8, 4) is 5.75 Å². The molecule has 1 aliphatic heterocycles. The van der Waals surface area contributed by atoms with Gasteiger partial charge in [-0.1, -0.05) is 19.1 Å². The fourth-order valence-corrected chi connectivity index (χ4v) is 2.57. The second-order valence-corrected chi connectivity index (χ2v) is 6.04. The summed E-state index contributed by atoms with van der Waals surface area (Å²) in [6, 6.07) is 6.39. The number of benzene rings is 1. The lowest BCUT2D eigenvalue weighted by molar-refractivity contribution is 0.0376. The zero-order chi connectivity index (χ0) is 17.9. The van der Waals surface area contributed by atoms with Crippen LogP contribution in [0.1, 0.15) is 19.8 Å². The van der Waals surface area contributed by atoms with E-state index < -0.39 is 0 Å². The number of nitrogens with one attached hydrogen (secondary N) is 1. The van der Waals surface area contributed by atoms with Gasteiger partial charge in [0.25, 0.3) is 0 Å². The van der Waals surface area contributed by atoms with Gasteiger partial charge < -0.3 is 20.5 Å². The van der Waals surface area contributed by atoms with Crippen molar-refractivity contribution in [3.05, 3.63) is 30.1 Å². The summed E-state index contributed by atoms with van der Waals surface area (Å²) in [6.07, 6.45) is 1.52. The Labute approximate surface area is 172 Å². The molecule has 1 unspecified atom stereocenters. The van der Waals surface area contributed by atoms with Gasteiger partial charge in [-0.25, -0.2) is 9.38 Å². The van der Waals surface area contributed by atoms with E-state index in [0.29, 0.717) is 12.5 Å². The minimum absolute atomic E-state index is 0. The first-order valence-corrected chi connectivity index (χ1v) is 8.94. The van der Waals surface area contributed by atoms with Crippen LogP contribution in [-0.2, 0) is 4.74 Å². The average molecular weight is 480 g/mol. The van der Waals surface area contributed by atoms with Crippen molar-refractivity contribution >= 4 is 29.9 Å². The second kappa shape index (κ2) is 13.1. The fraction of sp³-hybridized carbons (Fsp3) is 0.611. The first kappa shape index (κ1) is 22.9. The number of hydrogen-bond acceptors (Lipinski definition) is 4. The zero-order valence-corrected chi connectivity index (χ0v) is 17.7. The number of morpholine rings is 1. The van der Waals surface area contributed by atoms with E-state index in [4.69, 9.17) is 15.2 Å². The third kappa shape index (κ3) is 8.50. The molecule has 2 rings (SSSR count). The summed E-state index contributed by atoms with van der Waals surface area (Å²) in [4.78, 5) is 6.69. The number of nitrogens with zero attached hydrogens (tertiary/aromatic N) is 2. The number of hydrogen-bond donors (Lipinski definition) is 2. The van der Waals surface area contributed by atoms with Crippen molar-refractivity contribution in [1.29, 1.82) is 0 Å². The average Bonchev–Trinajstić information content (AvgIpc) is 2.64. The van der Waals surface area contributed by atoms with E-state index in [1.807, 2.05) is 6.92 Å². The van der Waals surface area contributed by atoms with Crippen molar-refractivity contribution in [3.63, 3.8) is 0 Å². The maximum Gasteiger partial charge on any atom is 0.188 e. The van der Waals surface area contributed by atoms with Gasteiger partial charge in [0.15, 0.2) is 17.5 Å². The third-order valence-electron chi connectivity index (χ3n) is 4.11. The van der Waals surface area contributed by atoms with E-state index in [-0.39, 0.29) is 41.6 Å². The van der Waals surface area contributed by atoms with Gasteiger partial charge in [0.05, 0.1) is 19.8 Å². The van der Waals surface area contributed by atoms with E-state index in [2.05, 4.69) is 15.2 Å². The Kier molecular flexibility index (Phi) is 11.5. The molecular weight excluding hydrogens is 450 g/mol. The van der Waals surface area contributed by atoms with Crippen LogP contribution >= 0.6 is 24.0 Å². The molecule has 3 N–H and O–H groups in total. The van der Waals surface area contributed by atoms with Crippen LogP contribution in [0.2, 0.25) is 0 Å². The Morgan fingerprint density at radius 1 is 1.38 bits per heavy atom. The van der Waals surface area contributed by atoms with Crippen LogP contribution in [0.5, 0.6) is 5.75 Å². The molecule has 0 aromatic heterocycles. The minimum atomic E-state index is -0.362. The fourth-order valence-electron chi connectivity index (χ4n) is 2.57. The number of guanidine groups is 1. The number of ether oxygens (including phenoxy) is 2. The van der Waals surface area contributed by atoms with Crippen molar-refractivity contribution in [2.45, 2.75) is 25.9 Å². The van der Waals surface area contributed by atoms with E-state index in [9.17, 15) is 4.39 Å². The SMILES string of the molecule is CCC(CN=C(N)NCCCN1CCOCC1)Oc1ccccc1F.I. The lowest BCUT2D eigenvalue weighted by Gasteiger charge is -2.26. The van der Waals surface area contributed by atoms with Crippen LogP contribution in [0.3, 0.4) is 0 Å². The van der Waals surface area contributed by atoms with Gasteiger partial charge in [0, 0.05) is 19.6 Å². The summed E-state index contributed by atoms with van der Waals surface area (Å²) in [5, 5.41) is 3.12. The Hall–Kier alpha value is -1.13. The Morgan fingerprint density at radius 2 is 2.12 bits per heavy atom. The molecule has 1 aromatic rings. The molecule has 1 aromatic carbocycles. The molecule has 0 aliphatic carbocycles. The largest absolute Gasteiger partial charge is 0.485 e. The van der Waals surface area contributed by atoms with Gasteiger partial charge in [0.1, 0.15) is 6.10 Å². The van der Waals surface area contributed by atoms with Gasteiger partial charge >= 0.3 is 0 Å². The number of aliphatic imine (C=N–C) groups is 1. The highest BCUT2D eigenvalue weighted by atomic mass is 127. The smallest absolute Gasteiger partial charge is 0.188 e. The van der Waals surface area contributed by atoms with Crippen LogP contribution < -0.4 is 15.8 Å². The highest BCUT2D eigenvalue weighted by molar-refractivity contribution is 14.0. The molecule has 0 saturated carbocycles. The normalized spacial score (nSPS) is 16.6. The molecule has 6 nitrogen and oxygen atoms in total. The van der Waals surface area contributed by atoms with Gasteiger partial charge in [-0.2, -0.15) is 0 Å². The summed E-state index contributed by atoms with van der Waals surface area (Å²) in [5.74, 6) is 0.290. The lowest BCUT2D eigenvalue weighted by Crippen LogP contribution is -2.39. The van der Waals surface area contributed by atoms with Crippen LogP contribution in [-0.4, -0.2) is 62.9 Å². The summed E-state index contributed by atoms with van der Waals surface area (Å²) >= 11 is 0. The van der Waals surface area contributed by atoms with Crippen molar-refractivity contribution in [1.82, 2.24) is 10.2 Å². The highest BCUT2D eigenvalue weighted by Gasteiger charge is 2.11. The molecule has 1 atom stereocenters. The maximum atomic E-state index is 13.6. The van der Waals surface area contributed by atoms with Gasteiger partial charge in [-0.3, -0.25) is 4.90 Å². The van der Waals surface area contributed by atoms with Gasteiger partial charge in [0.2, 0.25) is 0 Å². The monoisotopic (exact) mass is 480 g/mol. The molecule has 26 heavy (non-hydrogen) atoms. The molecule has 8 heteroatoms. The molecule has 1 heterocycles. The third-order valence-corrected chi connectivity index (χ3v) is 4.11. The highest BCUT2D eigenvalue weighted by Crippen LogP contribution is 2.18. The molecule has 148 valence electrons. The maximum absolute atomic E-state index is 13.6. The molecule has 1 aliphatic rings. The van der Waals surface area contributed by atoms with Crippen LogP contribution in [0.15, 0.2) is 29.3 Å². The summed E-state index contributed by atoms with van der Waals surface area (Å²) < 4.78 is 24.6.